The van der Waals surface area contributed by atoms with Crippen LogP contribution in [0.2, 0.25) is 0 Å². The average Bonchev–Trinajstić information content (AvgIpc) is 3.14. The summed E-state index contributed by atoms with van der Waals surface area (Å²) in [5.74, 6) is 2.53. The summed E-state index contributed by atoms with van der Waals surface area (Å²) in [7, 11) is 0. The summed E-state index contributed by atoms with van der Waals surface area (Å²) < 4.78 is 19.4. The second kappa shape index (κ2) is 7.42. The maximum absolute atomic E-state index is 13.9. The summed E-state index contributed by atoms with van der Waals surface area (Å²) >= 11 is 1.19. The Morgan fingerprint density at radius 2 is 1.86 bits per heavy atom. The van der Waals surface area contributed by atoms with Gasteiger partial charge in [-0.05, 0) is 80.8 Å². The van der Waals surface area contributed by atoms with Gasteiger partial charge in [-0.15, -0.1) is 10.2 Å². The van der Waals surface area contributed by atoms with E-state index >= 15 is 0 Å². The van der Waals surface area contributed by atoms with Crippen LogP contribution < -0.4 is 5.32 Å². The number of nitrogens with zero attached hydrogens (tertiary/aromatic N) is 2. The Bertz CT molecular complexity index is 880. The fourth-order valence-corrected chi connectivity index (χ4v) is 6.86. The molecule has 1 amide bonds. The summed E-state index contributed by atoms with van der Waals surface area (Å²) in [6, 6.07) is 6.47. The summed E-state index contributed by atoms with van der Waals surface area (Å²) in [6.07, 6.45) is 8.00. The fourth-order valence-electron chi connectivity index (χ4n) is 6.28. The Kier molecular flexibility index (Phi) is 4.88. The highest BCUT2D eigenvalue weighted by Gasteiger charge is 2.53. The highest BCUT2D eigenvalue weighted by molar-refractivity contribution is 7.99. The number of nitrogens with one attached hydrogen (secondary N) is 1. The van der Waals surface area contributed by atoms with Crippen LogP contribution in [-0.4, -0.2) is 27.9 Å². The van der Waals surface area contributed by atoms with E-state index in [9.17, 15) is 9.18 Å². The van der Waals surface area contributed by atoms with Gasteiger partial charge >= 0.3 is 0 Å². The van der Waals surface area contributed by atoms with E-state index in [1.807, 2.05) is 0 Å². The minimum atomic E-state index is -0.408. The average molecular weight is 416 g/mol. The lowest BCUT2D eigenvalue weighted by Crippen LogP contribution is -2.56. The van der Waals surface area contributed by atoms with E-state index in [1.165, 1.54) is 56.4 Å². The number of benzene rings is 1. The third-order valence-electron chi connectivity index (χ3n) is 7.22. The molecule has 4 fully saturated rings. The van der Waals surface area contributed by atoms with Crippen LogP contribution >= 0.6 is 11.8 Å². The van der Waals surface area contributed by atoms with E-state index in [1.54, 1.807) is 18.2 Å². The summed E-state index contributed by atoms with van der Waals surface area (Å²) in [5, 5.41) is 11.4. The van der Waals surface area contributed by atoms with Crippen molar-refractivity contribution in [1.29, 1.82) is 0 Å². The molecule has 1 aromatic heterocycles. The van der Waals surface area contributed by atoms with Gasteiger partial charge in [0.15, 0.2) is 0 Å². The minimum Gasteiger partial charge on any atom is -0.411 e. The van der Waals surface area contributed by atoms with Crippen molar-refractivity contribution in [1.82, 2.24) is 15.5 Å². The maximum Gasteiger partial charge on any atom is 0.277 e. The second-order valence-electron chi connectivity index (χ2n) is 9.21. The highest BCUT2D eigenvalue weighted by atomic mass is 32.2. The first-order valence-corrected chi connectivity index (χ1v) is 11.5. The van der Waals surface area contributed by atoms with Gasteiger partial charge in [0.2, 0.25) is 5.91 Å². The second-order valence-corrected chi connectivity index (χ2v) is 10.1. The van der Waals surface area contributed by atoms with E-state index in [2.05, 4.69) is 22.4 Å². The molecular weight excluding hydrogens is 389 g/mol. The number of halogens is 1. The number of hydrogen-bond donors (Lipinski definition) is 1. The van der Waals surface area contributed by atoms with Crippen LogP contribution in [0.1, 0.15) is 45.4 Å². The predicted octanol–water partition coefficient (Wildman–Crippen LogP) is 4.69. The van der Waals surface area contributed by atoms with Crippen molar-refractivity contribution in [2.45, 2.75) is 56.7 Å². The minimum absolute atomic E-state index is 0.0103. The molecule has 5 nitrogen and oxygen atoms in total. The zero-order valence-corrected chi connectivity index (χ0v) is 17.4. The molecule has 4 aliphatic rings. The van der Waals surface area contributed by atoms with Gasteiger partial charge in [0.1, 0.15) is 5.82 Å². The summed E-state index contributed by atoms with van der Waals surface area (Å²) in [4.78, 5) is 12.6. The van der Waals surface area contributed by atoms with Crippen LogP contribution in [0.5, 0.6) is 0 Å². The van der Waals surface area contributed by atoms with Crippen LogP contribution in [-0.2, 0) is 4.79 Å². The van der Waals surface area contributed by atoms with E-state index in [0.717, 1.165) is 17.8 Å². The molecule has 4 saturated carbocycles. The van der Waals surface area contributed by atoms with E-state index in [-0.39, 0.29) is 39.8 Å². The normalized spacial score (nSPS) is 31.0. The van der Waals surface area contributed by atoms with Crippen LogP contribution in [0, 0.1) is 29.0 Å². The summed E-state index contributed by atoms with van der Waals surface area (Å²) in [5.41, 5.74) is 0.559. The molecule has 6 rings (SSSR count). The van der Waals surface area contributed by atoms with Crippen molar-refractivity contribution in [3.05, 3.63) is 30.1 Å². The SMILES string of the molecule is C[C@@H](NC(=O)CSc1nnc(-c2ccccc2F)o1)C12CC3CC(CC(C3)C1)C2. The van der Waals surface area contributed by atoms with Gasteiger partial charge in [-0.2, -0.15) is 0 Å². The number of rotatable bonds is 6. The maximum atomic E-state index is 13.9. The van der Waals surface area contributed by atoms with Crippen molar-refractivity contribution in [3.8, 4) is 11.5 Å². The largest absolute Gasteiger partial charge is 0.411 e. The van der Waals surface area contributed by atoms with E-state index in [0.29, 0.717) is 0 Å². The quantitative estimate of drug-likeness (QED) is 0.694. The van der Waals surface area contributed by atoms with Crippen LogP contribution in [0.25, 0.3) is 11.5 Å². The first kappa shape index (κ1) is 19.1. The molecule has 154 valence electrons. The Labute approximate surface area is 174 Å². The van der Waals surface area contributed by atoms with E-state index in [4.69, 9.17) is 4.42 Å². The lowest BCUT2D eigenvalue weighted by molar-refractivity contribution is -0.123. The van der Waals surface area contributed by atoms with Crippen LogP contribution in [0.3, 0.4) is 0 Å². The number of aromatic nitrogens is 2. The smallest absolute Gasteiger partial charge is 0.277 e. The number of carbonyl (C=O) groups excluding carboxylic acids is 1. The molecule has 0 aliphatic heterocycles. The zero-order valence-electron chi connectivity index (χ0n) is 16.6. The molecule has 0 saturated heterocycles. The van der Waals surface area contributed by atoms with Gasteiger partial charge in [0, 0.05) is 6.04 Å². The van der Waals surface area contributed by atoms with Gasteiger partial charge in [-0.25, -0.2) is 4.39 Å². The van der Waals surface area contributed by atoms with Crippen molar-refractivity contribution in [2.24, 2.45) is 23.2 Å². The molecule has 4 aliphatic carbocycles. The Balaban J connectivity index is 1.17. The van der Waals surface area contributed by atoms with Crippen molar-refractivity contribution < 1.29 is 13.6 Å². The lowest BCUT2D eigenvalue weighted by Gasteiger charge is -2.59. The summed E-state index contributed by atoms with van der Waals surface area (Å²) in [6.45, 7) is 2.18. The van der Waals surface area contributed by atoms with Gasteiger partial charge in [0.25, 0.3) is 11.1 Å². The Morgan fingerprint density at radius 3 is 2.52 bits per heavy atom. The number of carbonyl (C=O) groups is 1. The monoisotopic (exact) mass is 415 g/mol. The van der Waals surface area contributed by atoms with Gasteiger partial charge < -0.3 is 9.73 Å². The molecule has 1 atom stereocenters. The third-order valence-corrected chi connectivity index (χ3v) is 8.04. The molecular formula is C22H26FN3O2S. The molecule has 1 N–H and O–H groups in total. The van der Waals surface area contributed by atoms with Gasteiger partial charge in [-0.3, -0.25) is 4.79 Å². The van der Waals surface area contributed by atoms with Gasteiger partial charge in [-0.1, -0.05) is 23.9 Å². The predicted molar refractivity (Wildman–Crippen MR) is 109 cm³/mol. The first-order chi connectivity index (χ1) is 14.0. The highest BCUT2D eigenvalue weighted by Crippen LogP contribution is 2.61. The molecule has 4 bridgehead atoms. The molecule has 29 heavy (non-hydrogen) atoms. The van der Waals surface area contributed by atoms with Crippen LogP contribution in [0.4, 0.5) is 4.39 Å². The molecule has 7 heteroatoms. The fraction of sp³-hybridized carbons (Fsp3) is 0.591. The number of amides is 1. The number of thioether (sulfide) groups is 1. The molecule has 1 aromatic carbocycles. The third kappa shape index (κ3) is 3.69. The van der Waals surface area contributed by atoms with Crippen molar-refractivity contribution in [2.75, 3.05) is 5.75 Å². The lowest BCUT2D eigenvalue weighted by atomic mass is 9.48. The van der Waals surface area contributed by atoms with Crippen molar-refractivity contribution >= 4 is 17.7 Å². The first-order valence-electron chi connectivity index (χ1n) is 10.5. The molecule has 2 aromatic rings. The topological polar surface area (TPSA) is 68.0 Å². The Morgan fingerprint density at radius 1 is 1.21 bits per heavy atom. The zero-order chi connectivity index (χ0) is 20.0. The van der Waals surface area contributed by atoms with Crippen LogP contribution in [0.15, 0.2) is 33.9 Å². The van der Waals surface area contributed by atoms with E-state index < -0.39 is 5.82 Å². The van der Waals surface area contributed by atoms with Crippen molar-refractivity contribution in [3.63, 3.8) is 0 Å². The molecule has 1 heterocycles. The molecule has 0 radical (unpaired) electrons. The Hall–Kier alpha value is -1.89. The molecule has 0 spiro atoms. The number of hydrogen-bond acceptors (Lipinski definition) is 5. The standard InChI is InChI=1S/C22H26FN3O2S/c1-13(22-9-14-6-15(10-22)8-16(7-14)11-22)24-19(27)12-29-21-26-25-20(28-21)17-4-2-3-5-18(17)23/h2-5,13-16H,6-12H2,1H3,(H,24,27)/t13-,14?,15?,16?,22?/m1/s1. The molecule has 0 unspecified atom stereocenters. The van der Waals surface area contributed by atoms with Gasteiger partial charge in [0.05, 0.1) is 11.3 Å².